The van der Waals surface area contributed by atoms with Crippen LogP contribution in [0.5, 0.6) is 0 Å². The molecule has 0 aliphatic heterocycles. The molecule has 0 atom stereocenters. The summed E-state index contributed by atoms with van der Waals surface area (Å²) in [5, 5.41) is 9.27. The van der Waals surface area contributed by atoms with Gasteiger partial charge in [0.1, 0.15) is 11.4 Å². The lowest BCUT2D eigenvalue weighted by Crippen LogP contribution is -2.17. The van der Waals surface area contributed by atoms with Crippen molar-refractivity contribution in [3.63, 3.8) is 0 Å². The average molecular weight is 574 g/mol. The number of nitrogens with one attached hydrogen (secondary N) is 3. The van der Waals surface area contributed by atoms with Gasteiger partial charge in [-0.2, -0.15) is 0 Å². The zero-order valence-corrected chi connectivity index (χ0v) is 24.7. The zero-order chi connectivity index (χ0) is 30.1. The number of amides is 2. The zero-order valence-electron chi connectivity index (χ0n) is 24.7. The molecule has 2 fully saturated rings. The number of benzene rings is 2. The summed E-state index contributed by atoms with van der Waals surface area (Å²) in [5.74, 6) is 0.264. The molecule has 0 radical (unpaired) electrons. The van der Waals surface area contributed by atoms with E-state index in [1.54, 1.807) is 6.07 Å². The van der Waals surface area contributed by atoms with E-state index in [0.717, 1.165) is 71.9 Å². The van der Waals surface area contributed by atoms with E-state index in [0.29, 0.717) is 34.5 Å². The highest BCUT2D eigenvalue weighted by atomic mass is 16.2. The van der Waals surface area contributed by atoms with E-state index in [1.807, 2.05) is 69.6 Å². The number of pyridine rings is 2. The van der Waals surface area contributed by atoms with Crippen LogP contribution in [0.3, 0.4) is 0 Å². The number of carbonyl (C=O) groups is 3. The van der Waals surface area contributed by atoms with Crippen LogP contribution >= 0.6 is 0 Å². The minimum Gasteiger partial charge on any atom is -0.320 e. The predicted molar refractivity (Wildman–Crippen MR) is 168 cm³/mol. The molecule has 2 aliphatic rings. The Morgan fingerprint density at radius 3 is 1.81 bits per heavy atom. The second-order valence-corrected chi connectivity index (χ2v) is 11.5. The largest absolute Gasteiger partial charge is 0.320 e. The van der Waals surface area contributed by atoms with Gasteiger partial charge >= 0.3 is 0 Å². The van der Waals surface area contributed by atoms with Crippen molar-refractivity contribution < 1.29 is 14.4 Å². The molecule has 8 heteroatoms. The Balaban J connectivity index is 1.23. The van der Waals surface area contributed by atoms with E-state index in [1.165, 1.54) is 11.8 Å². The van der Waals surface area contributed by atoms with Crippen LogP contribution in [0.1, 0.15) is 96.7 Å². The van der Waals surface area contributed by atoms with Crippen molar-refractivity contribution in [2.24, 2.45) is 0 Å². The van der Waals surface area contributed by atoms with Gasteiger partial charge in [0.25, 0.3) is 11.8 Å². The summed E-state index contributed by atoms with van der Waals surface area (Å²) >= 11 is 0. The van der Waals surface area contributed by atoms with Crippen molar-refractivity contribution in [1.82, 2.24) is 15.3 Å². The molecule has 0 saturated heterocycles. The van der Waals surface area contributed by atoms with E-state index in [2.05, 4.69) is 25.9 Å². The number of hydrogen-bond donors (Lipinski definition) is 3. The van der Waals surface area contributed by atoms with E-state index in [-0.39, 0.29) is 17.5 Å². The van der Waals surface area contributed by atoms with Crippen LogP contribution in [0.2, 0.25) is 0 Å². The summed E-state index contributed by atoms with van der Waals surface area (Å²) < 4.78 is 0. The molecule has 218 valence electrons. The van der Waals surface area contributed by atoms with Crippen LogP contribution in [0.15, 0.2) is 60.9 Å². The molecule has 4 aromatic rings. The summed E-state index contributed by atoms with van der Waals surface area (Å²) in [4.78, 5) is 46.6. The van der Waals surface area contributed by atoms with E-state index >= 15 is 0 Å². The fraction of sp³-hybridized carbons (Fsp3) is 0.286. The number of aldehydes is 1. The highest BCUT2D eigenvalue weighted by Crippen LogP contribution is 2.42. The molecule has 0 spiro atoms. The third kappa shape index (κ3) is 5.96. The molecule has 2 heterocycles. The fourth-order valence-corrected chi connectivity index (χ4v) is 5.69. The van der Waals surface area contributed by atoms with Gasteiger partial charge < -0.3 is 16.0 Å². The van der Waals surface area contributed by atoms with Crippen LogP contribution in [0.4, 0.5) is 11.4 Å². The SMILES string of the molecule is CNCc1cnc(C(=O)Nc2cccc(-c3cccc(NC(=O)c4cc(C5CC5)c(C=O)cn4)c3C)c2C)cc1C1CC1. The number of nitrogens with zero attached hydrogens (tertiary/aromatic N) is 2. The van der Waals surface area contributed by atoms with Crippen LogP contribution in [-0.2, 0) is 6.54 Å². The van der Waals surface area contributed by atoms with Gasteiger partial charge in [-0.25, -0.2) is 0 Å². The van der Waals surface area contributed by atoms with Crippen molar-refractivity contribution in [3.05, 3.63) is 106 Å². The molecular formula is C35H35N5O3. The van der Waals surface area contributed by atoms with Crippen molar-refractivity contribution in [2.75, 3.05) is 17.7 Å². The molecule has 0 unspecified atom stereocenters. The lowest BCUT2D eigenvalue weighted by Gasteiger charge is -2.17. The summed E-state index contributed by atoms with van der Waals surface area (Å²) in [6.45, 7) is 4.67. The number of carbonyl (C=O) groups excluding carboxylic acids is 3. The van der Waals surface area contributed by atoms with Crippen molar-refractivity contribution in [3.8, 4) is 11.1 Å². The minimum atomic E-state index is -0.323. The normalized spacial score (nSPS) is 14.3. The number of rotatable bonds is 10. The first-order valence-electron chi connectivity index (χ1n) is 14.8. The van der Waals surface area contributed by atoms with Gasteiger partial charge in [-0.3, -0.25) is 24.4 Å². The molecule has 6 rings (SSSR count). The molecule has 2 amide bonds. The minimum absolute atomic E-state index is 0.241. The third-order valence-corrected chi connectivity index (χ3v) is 8.44. The third-order valence-electron chi connectivity index (χ3n) is 8.44. The average Bonchev–Trinajstić information content (AvgIpc) is 3.93. The lowest BCUT2D eigenvalue weighted by molar-refractivity contribution is 0.101. The Morgan fingerprint density at radius 1 is 0.791 bits per heavy atom. The summed E-state index contributed by atoms with van der Waals surface area (Å²) in [5.41, 5.74) is 9.55. The monoisotopic (exact) mass is 573 g/mol. The summed E-state index contributed by atoms with van der Waals surface area (Å²) in [7, 11) is 1.91. The quantitative estimate of drug-likeness (QED) is 0.185. The maximum Gasteiger partial charge on any atom is 0.274 e. The van der Waals surface area contributed by atoms with Crippen LogP contribution < -0.4 is 16.0 Å². The van der Waals surface area contributed by atoms with Crippen molar-refractivity contribution in [2.45, 2.75) is 57.9 Å². The van der Waals surface area contributed by atoms with E-state index < -0.39 is 0 Å². The fourth-order valence-electron chi connectivity index (χ4n) is 5.69. The first-order chi connectivity index (χ1) is 20.9. The first-order valence-corrected chi connectivity index (χ1v) is 14.8. The van der Waals surface area contributed by atoms with Gasteiger partial charge in [0.15, 0.2) is 6.29 Å². The van der Waals surface area contributed by atoms with Gasteiger partial charge in [0.05, 0.1) is 0 Å². The number of anilines is 2. The molecular weight excluding hydrogens is 538 g/mol. The topological polar surface area (TPSA) is 113 Å². The molecule has 0 bridgehead atoms. The molecule has 2 aromatic carbocycles. The Morgan fingerprint density at radius 2 is 1.30 bits per heavy atom. The van der Waals surface area contributed by atoms with Gasteiger partial charge in [-0.1, -0.05) is 24.3 Å². The van der Waals surface area contributed by atoms with Gasteiger partial charge in [0, 0.05) is 35.9 Å². The Kier molecular flexibility index (Phi) is 7.86. The molecule has 2 saturated carbocycles. The second-order valence-electron chi connectivity index (χ2n) is 11.5. The lowest BCUT2D eigenvalue weighted by atomic mass is 9.94. The maximum absolute atomic E-state index is 13.3. The van der Waals surface area contributed by atoms with Gasteiger partial charge in [-0.05, 0) is 122 Å². The molecule has 2 aliphatic carbocycles. The highest BCUT2D eigenvalue weighted by Gasteiger charge is 2.28. The summed E-state index contributed by atoms with van der Waals surface area (Å²) in [6, 6.07) is 15.3. The Hall–Kier alpha value is -4.69. The Bertz CT molecular complexity index is 1740. The predicted octanol–water partition coefficient (Wildman–Crippen LogP) is 6.55. The van der Waals surface area contributed by atoms with Crippen LogP contribution in [-0.4, -0.2) is 35.1 Å². The van der Waals surface area contributed by atoms with E-state index in [9.17, 15) is 14.4 Å². The molecule has 2 aromatic heterocycles. The standard InChI is InChI=1S/C35H35N5O3/c1-20-26(6-4-8-30(20)39-34(42)32-14-28(22-10-11-22)24(16-36-3)17-37-32)27-7-5-9-31(21(27)2)40-35(43)33-15-29(23-12-13-23)25(19-41)18-38-33/h4-9,14-15,17-19,22-23,36H,10-13,16H2,1-3H3,(H,39,42)(H,40,43). The highest BCUT2D eigenvalue weighted by molar-refractivity contribution is 6.05. The summed E-state index contributed by atoms with van der Waals surface area (Å²) in [6.07, 6.45) is 8.43. The molecule has 3 N–H and O–H groups in total. The van der Waals surface area contributed by atoms with Gasteiger partial charge in [0.2, 0.25) is 0 Å². The van der Waals surface area contributed by atoms with Crippen molar-refractivity contribution >= 4 is 29.5 Å². The van der Waals surface area contributed by atoms with Gasteiger partial charge in [-0.15, -0.1) is 0 Å². The first kappa shape index (κ1) is 28.4. The maximum atomic E-state index is 13.3. The van der Waals surface area contributed by atoms with Crippen molar-refractivity contribution in [1.29, 1.82) is 0 Å². The smallest absolute Gasteiger partial charge is 0.274 e. The number of hydrogen-bond acceptors (Lipinski definition) is 6. The van der Waals surface area contributed by atoms with Crippen LogP contribution in [0, 0.1) is 13.8 Å². The van der Waals surface area contributed by atoms with E-state index in [4.69, 9.17) is 0 Å². The van der Waals surface area contributed by atoms with Crippen LogP contribution in [0.25, 0.3) is 11.1 Å². The second kappa shape index (κ2) is 11.9. The Labute approximate surface area is 251 Å². The number of aromatic nitrogens is 2. The molecule has 8 nitrogen and oxygen atoms in total. The molecule has 43 heavy (non-hydrogen) atoms.